The van der Waals surface area contributed by atoms with E-state index in [-0.39, 0.29) is 11.9 Å². The molecule has 1 aliphatic rings. The number of ketones is 1. The Kier molecular flexibility index (Phi) is 3.97. The van der Waals surface area contributed by atoms with Crippen molar-refractivity contribution >= 4 is 11.5 Å². The third-order valence-corrected chi connectivity index (χ3v) is 3.67. The van der Waals surface area contributed by atoms with E-state index in [9.17, 15) is 4.79 Å². The fourth-order valence-corrected chi connectivity index (χ4v) is 2.36. The van der Waals surface area contributed by atoms with Gasteiger partial charge >= 0.3 is 0 Å². The van der Waals surface area contributed by atoms with Gasteiger partial charge in [-0.3, -0.25) is 9.78 Å². The summed E-state index contributed by atoms with van der Waals surface area (Å²) in [6, 6.07) is 3.75. The molecule has 4 nitrogen and oxygen atoms in total. The van der Waals surface area contributed by atoms with Crippen LogP contribution >= 0.6 is 0 Å². The van der Waals surface area contributed by atoms with Crippen molar-refractivity contribution in [1.82, 2.24) is 4.98 Å². The lowest BCUT2D eigenvalue weighted by molar-refractivity contribution is 0.0498. The Balaban J connectivity index is 2.09. The minimum Gasteiger partial charge on any atom is -0.379 e. The van der Waals surface area contributed by atoms with E-state index in [2.05, 4.69) is 16.8 Å². The van der Waals surface area contributed by atoms with Gasteiger partial charge in [-0.25, -0.2) is 0 Å². The van der Waals surface area contributed by atoms with Gasteiger partial charge in [0.1, 0.15) is 5.69 Å². The van der Waals surface area contributed by atoms with Crippen LogP contribution in [0.4, 0.5) is 5.69 Å². The first-order valence-electron chi connectivity index (χ1n) is 6.36. The van der Waals surface area contributed by atoms with Gasteiger partial charge in [0, 0.05) is 27.1 Å². The van der Waals surface area contributed by atoms with Crippen molar-refractivity contribution in [2.75, 3.05) is 25.1 Å². The maximum absolute atomic E-state index is 11.2. The van der Waals surface area contributed by atoms with E-state index in [1.807, 2.05) is 6.07 Å². The molecule has 0 N–H and O–H groups in total. The highest BCUT2D eigenvalue weighted by Gasteiger charge is 2.26. The second-order valence-corrected chi connectivity index (χ2v) is 4.94. The minimum absolute atomic E-state index is 0.00332. The van der Waals surface area contributed by atoms with Gasteiger partial charge in [-0.15, -0.1) is 0 Å². The van der Waals surface area contributed by atoms with Crippen LogP contribution < -0.4 is 4.90 Å². The highest BCUT2D eigenvalue weighted by atomic mass is 16.5. The molecule has 0 saturated carbocycles. The number of methoxy groups -OCH3 is 1. The Morgan fingerprint density at radius 2 is 2.28 bits per heavy atom. The van der Waals surface area contributed by atoms with E-state index in [0.717, 1.165) is 25.2 Å². The lowest BCUT2D eigenvalue weighted by Crippen LogP contribution is -2.44. The van der Waals surface area contributed by atoms with Crippen LogP contribution in [-0.4, -0.2) is 37.1 Å². The number of anilines is 1. The predicted molar refractivity (Wildman–Crippen MR) is 71.0 cm³/mol. The summed E-state index contributed by atoms with van der Waals surface area (Å²) in [5, 5.41) is 0. The van der Waals surface area contributed by atoms with Gasteiger partial charge in [0.25, 0.3) is 0 Å². The number of nitrogens with zero attached hydrogens (tertiary/aromatic N) is 2. The fourth-order valence-electron chi connectivity index (χ4n) is 2.36. The number of aromatic nitrogens is 1. The second kappa shape index (κ2) is 5.48. The first-order valence-corrected chi connectivity index (χ1v) is 6.36. The molecule has 4 heteroatoms. The lowest BCUT2D eigenvalue weighted by atomic mass is 9.95. The smallest absolute Gasteiger partial charge is 0.178 e. The first kappa shape index (κ1) is 13.0. The standard InChI is InChI=1S/C14H20N2O2/c1-10-6-7-16(9-14(10)18-3)12-4-5-13(11(2)17)15-8-12/h4-5,8,10,14H,6-7,9H2,1-3H3. The van der Waals surface area contributed by atoms with Crippen LogP contribution in [0.3, 0.4) is 0 Å². The molecule has 1 aromatic rings. The lowest BCUT2D eigenvalue weighted by Gasteiger charge is -2.37. The van der Waals surface area contributed by atoms with Gasteiger partial charge in [-0.05, 0) is 24.5 Å². The summed E-state index contributed by atoms with van der Waals surface area (Å²) in [6.45, 7) is 5.66. The maximum atomic E-state index is 11.2. The van der Waals surface area contributed by atoms with Crippen LogP contribution in [0.5, 0.6) is 0 Å². The van der Waals surface area contributed by atoms with E-state index < -0.39 is 0 Å². The molecule has 2 heterocycles. The van der Waals surface area contributed by atoms with Gasteiger partial charge in [0.2, 0.25) is 0 Å². The van der Waals surface area contributed by atoms with E-state index in [1.165, 1.54) is 6.92 Å². The van der Waals surface area contributed by atoms with Gasteiger partial charge in [-0.2, -0.15) is 0 Å². The van der Waals surface area contributed by atoms with Crippen molar-refractivity contribution in [2.24, 2.45) is 5.92 Å². The zero-order valence-corrected chi connectivity index (χ0v) is 11.2. The Morgan fingerprint density at radius 1 is 1.50 bits per heavy atom. The SMILES string of the molecule is COC1CN(c2ccc(C(C)=O)nc2)CCC1C. The summed E-state index contributed by atoms with van der Waals surface area (Å²) in [4.78, 5) is 17.6. The largest absolute Gasteiger partial charge is 0.379 e. The molecule has 1 fully saturated rings. The molecule has 98 valence electrons. The van der Waals surface area contributed by atoms with Crippen LogP contribution in [0.1, 0.15) is 30.8 Å². The zero-order chi connectivity index (χ0) is 13.1. The number of piperidine rings is 1. The molecule has 1 aliphatic heterocycles. The number of hydrogen-bond donors (Lipinski definition) is 0. The average molecular weight is 248 g/mol. The summed E-state index contributed by atoms with van der Waals surface area (Å²) >= 11 is 0. The van der Waals surface area contributed by atoms with E-state index in [4.69, 9.17) is 4.74 Å². The zero-order valence-electron chi connectivity index (χ0n) is 11.2. The molecular weight excluding hydrogens is 228 g/mol. The molecule has 0 aliphatic carbocycles. The van der Waals surface area contributed by atoms with E-state index in [0.29, 0.717) is 11.6 Å². The van der Waals surface area contributed by atoms with Crippen molar-refractivity contribution in [2.45, 2.75) is 26.4 Å². The molecule has 0 bridgehead atoms. The van der Waals surface area contributed by atoms with Crippen LogP contribution in [0.2, 0.25) is 0 Å². The van der Waals surface area contributed by atoms with Crippen molar-refractivity contribution in [1.29, 1.82) is 0 Å². The van der Waals surface area contributed by atoms with Gasteiger partial charge < -0.3 is 9.64 Å². The summed E-state index contributed by atoms with van der Waals surface area (Å²) in [5.41, 5.74) is 1.58. The number of hydrogen-bond acceptors (Lipinski definition) is 4. The number of carbonyl (C=O) groups is 1. The maximum Gasteiger partial charge on any atom is 0.178 e. The molecule has 0 amide bonds. The number of carbonyl (C=O) groups excluding carboxylic acids is 1. The molecule has 0 radical (unpaired) electrons. The number of pyridine rings is 1. The monoisotopic (exact) mass is 248 g/mol. The van der Waals surface area contributed by atoms with Crippen LogP contribution in [0.15, 0.2) is 18.3 Å². The molecule has 0 spiro atoms. The van der Waals surface area contributed by atoms with Crippen molar-refractivity contribution in [3.8, 4) is 0 Å². The van der Waals surface area contributed by atoms with Crippen LogP contribution in [0.25, 0.3) is 0 Å². The average Bonchev–Trinajstić information content (AvgIpc) is 2.39. The summed E-state index contributed by atoms with van der Waals surface area (Å²) < 4.78 is 5.50. The van der Waals surface area contributed by atoms with Crippen molar-refractivity contribution in [3.05, 3.63) is 24.0 Å². The molecule has 2 rings (SSSR count). The third-order valence-electron chi connectivity index (χ3n) is 3.67. The minimum atomic E-state index is 0.00332. The van der Waals surface area contributed by atoms with Crippen molar-refractivity contribution in [3.63, 3.8) is 0 Å². The van der Waals surface area contributed by atoms with Gasteiger partial charge in [0.15, 0.2) is 5.78 Å². The third kappa shape index (κ3) is 2.70. The molecule has 2 atom stereocenters. The molecule has 1 saturated heterocycles. The van der Waals surface area contributed by atoms with Crippen molar-refractivity contribution < 1.29 is 9.53 Å². The highest BCUT2D eigenvalue weighted by molar-refractivity contribution is 5.92. The summed E-state index contributed by atoms with van der Waals surface area (Å²) in [6.07, 6.45) is 3.16. The first-order chi connectivity index (χ1) is 8.61. The van der Waals surface area contributed by atoms with Crippen LogP contribution in [-0.2, 0) is 4.74 Å². The second-order valence-electron chi connectivity index (χ2n) is 4.94. The Labute approximate surface area is 108 Å². The summed E-state index contributed by atoms with van der Waals surface area (Å²) in [5.74, 6) is 0.597. The number of ether oxygens (including phenoxy) is 1. The topological polar surface area (TPSA) is 42.4 Å². The summed E-state index contributed by atoms with van der Waals surface area (Å²) in [7, 11) is 1.77. The van der Waals surface area contributed by atoms with Gasteiger partial charge in [0.05, 0.1) is 18.0 Å². The van der Waals surface area contributed by atoms with Crippen LogP contribution in [0, 0.1) is 5.92 Å². The number of rotatable bonds is 3. The Bertz CT molecular complexity index is 416. The highest BCUT2D eigenvalue weighted by Crippen LogP contribution is 2.24. The molecular formula is C14H20N2O2. The quantitative estimate of drug-likeness (QED) is 0.769. The van der Waals surface area contributed by atoms with Gasteiger partial charge in [-0.1, -0.05) is 6.92 Å². The Morgan fingerprint density at radius 3 is 2.83 bits per heavy atom. The normalized spacial score (nSPS) is 24.1. The molecule has 0 aromatic carbocycles. The molecule has 1 aromatic heterocycles. The Hall–Kier alpha value is -1.42. The molecule has 18 heavy (non-hydrogen) atoms. The number of Topliss-reactive ketones (excluding diaryl/α,β-unsaturated/α-hetero) is 1. The predicted octanol–water partition coefficient (Wildman–Crippen LogP) is 2.15. The van der Waals surface area contributed by atoms with E-state index in [1.54, 1.807) is 19.4 Å². The molecule has 2 unspecified atom stereocenters. The fraction of sp³-hybridized carbons (Fsp3) is 0.571. The van der Waals surface area contributed by atoms with E-state index >= 15 is 0 Å².